The van der Waals surface area contributed by atoms with E-state index in [4.69, 9.17) is 5.11 Å². The number of aromatic nitrogens is 4. The van der Waals surface area contributed by atoms with Crippen LogP contribution in [0.2, 0.25) is 0 Å². The molecule has 0 aliphatic heterocycles. The molecule has 1 N–H and O–H groups in total. The molecule has 16 heavy (non-hydrogen) atoms. The molecule has 2 aromatic heterocycles. The molecule has 0 aliphatic carbocycles. The van der Waals surface area contributed by atoms with Gasteiger partial charge in [0.15, 0.2) is 10.2 Å². The highest BCUT2D eigenvalue weighted by Gasteiger charge is 2.13. The summed E-state index contributed by atoms with van der Waals surface area (Å²) < 4.78 is 5.30. The smallest absolute Gasteiger partial charge is 0.394 e. The zero-order chi connectivity index (χ0) is 11.5. The van der Waals surface area contributed by atoms with Crippen LogP contribution in [-0.2, 0) is 5.75 Å². The van der Waals surface area contributed by atoms with Gasteiger partial charge >= 0.3 is 11.9 Å². The van der Waals surface area contributed by atoms with Gasteiger partial charge in [-0.1, -0.05) is 28.3 Å². The van der Waals surface area contributed by atoms with Gasteiger partial charge in [-0.3, -0.25) is 0 Å². The molecular formula is C7H6N4O3S2. The van der Waals surface area contributed by atoms with Gasteiger partial charge in [0, 0.05) is 0 Å². The maximum atomic E-state index is 10.5. The quantitative estimate of drug-likeness (QED) is 0.816. The lowest BCUT2D eigenvalue weighted by atomic mass is 10.6. The number of carboxylic acid groups (broad SMARTS) is 1. The minimum absolute atomic E-state index is 0.329. The van der Waals surface area contributed by atoms with Crippen molar-refractivity contribution >= 4 is 29.1 Å². The Balaban J connectivity index is 1.97. The highest BCUT2D eigenvalue weighted by molar-refractivity contribution is 8.00. The normalized spacial score (nSPS) is 10.6. The molecule has 0 spiro atoms. The third-order valence-corrected chi connectivity index (χ3v) is 3.45. The summed E-state index contributed by atoms with van der Waals surface area (Å²) in [5, 5.41) is 20.7. The molecule has 7 nitrogen and oxygen atoms in total. The van der Waals surface area contributed by atoms with E-state index < -0.39 is 11.9 Å². The Kier molecular flexibility index (Phi) is 3.15. The van der Waals surface area contributed by atoms with E-state index in [1.54, 1.807) is 0 Å². The summed E-state index contributed by atoms with van der Waals surface area (Å²) in [5.41, 5.74) is 0. The number of aryl methyl sites for hydroxylation is 1. The molecule has 0 aliphatic rings. The number of aromatic carboxylic acids is 1. The van der Waals surface area contributed by atoms with E-state index >= 15 is 0 Å². The van der Waals surface area contributed by atoms with E-state index in [2.05, 4.69) is 24.9 Å². The summed E-state index contributed by atoms with van der Waals surface area (Å²) in [6, 6.07) is 0. The van der Waals surface area contributed by atoms with Gasteiger partial charge in [0.2, 0.25) is 0 Å². The first kappa shape index (κ1) is 11.0. The van der Waals surface area contributed by atoms with Crippen molar-refractivity contribution in [3.63, 3.8) is 0 Å². The van der Waals surface area contributed by atoms with Gasteiger partial charge in [0.1, 0.15) is 5.01 Å². The summed E-state index contributed by atoms with van der Waals surface area (Å²) in [7, 11) is 0. The molecule has 0 aromatic carbocycles. The first-order valence-corrected chi connectivity index (χ1v) is 5.94. The van der Waals surface area contributed by atoms with Crippen molar-refractivity contribution in [3.8, 4) is 0 Å². The average Bonchev–Trinajstić information content (AvgIpc) is 2.83. The third-order valence-electron chi connectivity index (χ3n) is 1.48. The number of thioether (sulfide) groups is 1. The Morgan fingerprint density at radius 1 is 1.56 bits per heavy atom. The van der Waals surface area contributed by atoms with E-state index in [-0.39, 0.29) is 0 Å². The molecule has 0 unspecified atom stereocenters. The second kappa shape index (κ2) is 4.58. The lowest BCUT2D eigenvalue weighted by Gasteiger charge is -1.88. The second-order valence-corrected chi connectivity index (χ2v) is 5.10. The van der Waals surface area contributed by atoms with Gasteiger partial charge in [-0.05, 0) is 6.92 Å². The SMILES string of the molecule is Cc1nnc(SCc2noc(C(=O)O)n2)s1. The number of carbonyl (C=O) groups is 1. The maximum Gasteiger partial charge on any atom is 0.394 e. The van der Waals surface area contributed by atoms with Crippen molar-refractivity contribution in [2.24, 2.45) is 0 Å². The Bertz CT molecular complexity index is 509. The Hall–Kier alpha value is -1.48. The Morgan fingerprint density at radius 3 is 2.94 bits per heavy atom. The standard InChI is InChI=1S/C7H6N4O3S2/c1-3-9-10-7(16-3)15-2-4-8-5(6(12)13)14-11-4/h2H2,1H3,(H,12,13). The Labute approximate surface area is 97.9 Å². The van der Waals surface area contributed by atoms with Crippen LogP contribution in [-0.4, -0.2) is 31.4 Å². The van der Waals surface area contributed by atoms with Crippen LogP contribution in [0.5, 0.6) is 0 Å². The topological polar surface area (TPSA) is 102 Å². The predicted molar refractivity (Wildman–Crippen MR) is 55.5 cm³/mol. The second-order valence-electron chi connectivity index (χ2n) is 2.70. The molecule has 0 amide bonds. The van der Waals surface area contributed by atoms with Gasteiger partial charge in [-0.2, -0.15) is 4.98 Å². The van der Waals surface area contributed by atoms with Gasteiger partial charge in [-0.15, -0.1) is 10.2 Å². The van der Waals surface area contributed by atoms with E-state index in [0.717, 1.165) is 9.35 Å². The van der Waals surface area contributed by atoms with E-state index in [9.17, 15) is 4.79 Å². The van der Waals surface area contributed by atoms with Crippen molar-refractivity contribution in [2.45, 2.75) is 17.0 Å². The number of hydrogen-bond acceptors (Lipinski definition) is 8. The average molecular weight is 258 g/mol. The molecule has 0 radical (unpaired) electrons. The molecule has 84 valence electrons. The van der Waals surface area contributed by atoms with E-state index in [1.807, 2.05) is 6.92 Å². The zero-order valence-corrected chi connectivity index (χ0v) is 9.71. The molecule has 2 rings (SSSR count). The van der Waals surface area contributed by atoms with Crippen molar-refractivity contribution in [2.75, 3.05) is 0 Å². The molecule has 0 atom stereocenters. The summed E-state index contributed by atoms with van der Waals surface area (Å²) in [4.78, 5) is 14.2. The maximum absolute atomic E-state index is 10.5. The van der Waals surface area contributed by atoms with Gasteiger partial charge in [-0.25, -0.2) is 4.79 Å². The molecule has 2 aromatic rings. The Morgan fingerprint density at radius 2 is 2.38 bits per heavy atom. The number of rotatable bonds is 4. The van der Waals surface area contributed by atoms with E-state index in [1.165, 1.54) is 23.1 Å². The lowest BCUT2D eigenvalue weighted by Crippen LogP contribution is -1.96. The predicted octanol–water partition coefficient (Wildman–Crippen LogP) is 1.22. The summed E-state index contributed by atoms with van der Waals surface area (Å²) in [5.74, 6) is -0.888. The lowest BCUT2D eigenvalue weighted by molar-refractivity contribution is 0.0643. The molecule has 0 bridgehead atoms. The number of nitrogens with zero attached hydrogens (tertiary/aromatic N) is 4. The number of hydrogen-bond donors (Lipinski definition) is 1. The van der Waals surface area contributed by atoms with Crippen LogP contribution < -0.4 is 0 Å². The molecule has 9 heteroatoms. The highest BCUT2D eigenvalue weighted by atomic mass is 32.2. The minimum Gasteiger partial charge on any atom is -0.474 e. The molecular weight excluding hydrogens is 252 g/mol. The largest absolute Gasteiger partial charge is 0.474 e. The van der Waals surface area contributed by atoms with Crippen LogP contribution in [0.1, 0.15) is 21.5 Å². The monoisotopic (exact) mass is 258 g/mol. The van der Waals surface area contributed by atoms with Crippen LogP contribution in [0.15, 0.2) is 8.86 Å². The highest BCUT2D eigenvalue weighted by Crippen LogP contribution is 2.24. The third kappa shape index (κ3) is 2.55. The van der Waals surface area contributed by atoms with Gasteiger partial charge < -0.3 is 9.63 Å². The van der Waals surface area contributed by atoms with Crippen molar-refractivity contribution in [1.82, 2.24) is 20.3 Å². The van der Waals surface area contributed by atoms with Crippen LogP contribution in [0, 0.1) is 6.92 Å². The van der Waals surface area contributed by atoms with Crippen molar-refractivity contribution in [3.05, 3.63) is 16.7 Å². The molecule has 0 saturated heterocycles. The fourth-order valence-corrected chi connectivity index (χ4v) is 2.52. The van der Waals surface area contributed by atoms with Crippen LogP contribution in [0.4, 0.5) is 0 Å². The molecule has 0 fully saturated rings. The van der Waals surface area contributed by atoms with Crippen LogP contribution in [0.3, 0.4) is 0 Å². The first-order chi connectivity index (χ1) is 7.65. The summed E-state index contributed by atoms with van der Waals surface area (Å²) in [6.07, 6.45) is 0. The van der Waals surface area contributed by atoms with Crippen LogP contribution in [0.25, 0.3) is 0 Å². The van der Waals surface area contributed by atoms with Gasteiger partial charge in [0.05, 0.1) is 5.75 Å². The molecule has 2 heterocycles. The van der Waals surface area contributed by atoms with Crippen LogP contribution >= 0.6 is 23.1 Å². The molecule has 0 saturated carbocycles. The fraction of sp³-hybridized carbons (Fsp3) is 0.286. The zero-order valence-electron chi connectivity index (χ0n) is 8.08. The van der Waals surface area contributed by atoms with E-state index in [0.29, 0.717) is 11.6 Å². The van der Waals surface area contributed by atoms with Gasteiger partial charge in [0.25, 0.3) is 0 Å². The fourth-order valence-electron chi connectivity index (χ4n) is 0.862. The van der Waals surface area contributed by atoms with Crippen molar-refractivity contribution in [1.29, 1.82) is 0 Å². The minimum atomic E-state index is -1.23. The van der Waals surface area contributed by atoms with Crippen molar-refractivity contribution < 1.29 is 14.4 Å². The number of carboxylic acids is 1. The summed E-state index contributed by atoms with van der Waals surface area (Å²) in [6.45, 7) is 1.86. The summed E-state index contributed by atoms with van der Waals surface area (Å²) >= 11 is 2.84. The first-order valence-electron chi connectivity index (χ1n) is 4.14.